The summed E-state index contributed by atoms with van der Waals surface area (Å²) in [5, 5.41) is 10.9. The van der Waals surface area contributed by atoms with E-state index in [9.17, 15) is 0 Å². The molecule has 1 aromatic carbocycles. The Hall–Kier alpha value is -1.97. The van der Waals surface area contributed by atoms with Crippen LogP contribution in [0.25, 0.3) is 0 Å². The van der Waals surface area contributed by atoms with Crippen LogP contribution in [0.15, 0.2) is 58.4 Å². The molecule has 0 saturated heterocycles. The van der Waals surface area contributed by atoms with Crippen LogP contribution in [0.3, 0.4) is 0 Å². The summed E-state index contributed by atoms with van der Waals surface area (Å²) in [6.45, 7) is 3.40. The predicted octanol–water partition coefficient (Wildman–Crippen LogP) is 1.90. The van der Waals surface area contributed by atoms with E-state index < -0.39 is 0 Å². The second-order valence-electron chi connectivity index (χ2n) is 2.22. The van der Waals surface area contributed by atoms with Crippen molar-refractivity contribution in [1.82, 2.24) is 0 Å². The van der Waals surface area contributed by atoms with Crippen LogP contribution >= 0.6 is 0 Å². The molecule has 0 aromatic heterocycles. The Bertz CT molecular complexity index is 327. The first-order valence-electron chi connectivity index (χ1n) is 3.73. The molecule has 4 nitrogen and oxygen atoms in total. The maximum Gasteiger partial charge on any atom is 0.200 e. The van der Waals surface area contributed by atoms with Gasteiger partial charge in [-0.2, -0.15) is 10.2 Å². The smallest absolute Gasteiger partial charge is 0.200 e. The second-order valence-corrected chi connectivity index (χ2v) is 2.22. The zero-order valence-corrected chi connectivity index (χ0v) is 7.09. The number of azo groups is 1. The third-order valence-electron chi connectivity index (χ3n) is 1.39. The molecule has 2 N–H and O–H groups in total. The van der Waals surface area contributed by atoms with Crippen LogP contribution in [0.1, 0.15) is 5.56 Å². The molecule has 0 aliphatic rings. The number of hydrogen-bond donors (Lipinski definition) is 1. The van der Waals surface area contributed by atoms with Crippen LogP contribution in [0.2, 0.25) is 0 Å². The maximum absolute atomic E-state index is 5.15. The number of rotatable bonds is 2. The van der Waals surface area contributed by atoms with Crippen LogP contribution in [0.5, 0.6) is 0 Å². The first kappa shape index (κ1) is 9.12. The number of hydrazone groups is 1. The van der Waals surface area contributed by atoms with E-state index in [0.717, 1.165) is 5.56 Å². The number of nitrogens with zero attached hydrogens (tertiary/aromatic N) is 3. The minimum Gasteiger partial charge on any atom is -0.321 e. The molecule has 0 spiro atoms. The van der Waals surface area contributed by atoms with Gasteiger partial charge in [0.2, 0.25) is 0 Å². The van der Waals surface area contributed by atoms with Crippen molar-refractivity contribution in [1.29, 1.82) is 0 Å². The van der Waals surface area contributed by atoms with Crippen molar-refractivity contribution in [2.75, 3.05) is 0 Å². The monoisotopic (exact) mass is 174 g/mol. The lowest BCUT2D eigenvalue weighted by Gasteiger charge is -1.95. The molecule has 0 amide bonds. The van der Waals surface area contributed by atoms with Gasteiger partial charge in [0.15, 0.2) is 5.84 Å². The van der Waals surface area contributed by atoms with Crippen molar-refractivity contribution < 1.29 is 0 Å². The lowest BCUT2D eigenvalue weighted by Crippen LogP contribution is -1.99. The standard InChI is InChI=1S/C9H10N4/c1-2-11-13-9(12-10)8-6-4-3-5-7-8/h2-7H,1,10H2/b12-9-,13-11?. The first-order chi connectivity index (χ1) is 6.38. The van der Waals surface area contributed by atoms with Gasteiger partial charge in [-0.05, 0) is 0 Å². The summed E-state index contributed by atoms with van der Waals surface area (Å²) in [6.07, 6.45) is 1.33. The quantitative estimate of drug-likeness (QED) is 0.240. The highest BCUT2D eigenvalue weighted by Gasteiger charge is 1.98. The fraction of sp³-hybridized carbons (Fsp3) is 0. The fourth-order valence-corrected chi connectivity index (χ4v) is 0.841. The van der Waals surface area contributed by atoms with E-state index >= 15 is 0 Å². The molecule has 1 rings (SSSR count). The molecule has 0 atom stereocenters. The Kier molecular flexibility index (Phi) is 3.38. The van der Waals surface area contributed by atoms with Crippen molar-refractivity contribution in [3.05, 3.63) is 48.7 Å². The highest BCUT2D eigenvalue weighted by atomic mass is 15.2. The first-order valence-corrected chi connectivity index (χ1v) is 3.73. The van der Waals surface area contributed by atoms with Gasteiger partial charge in [-0.25, -0.2) is 0 Å². The highest BCUT2D eigenvalue weighted by Crippen LogP contribution is 2.01. The summed E-state index contributed by atoms with van der Waals surface area (Å²) in [6, 6.07) is 9.37. The van der Waals surface area contributed by atoms with Crippen molar-refractivity contribution >= 4 is 5.84 Å². The van der Waals surface area contributed by atoms with Gasteiger partial charge in [-0.3, -0.25) is 0 Å². The SMILES string of the molecule is C=CN=N/C(=N\N)c1ccccc1. The molecule has 0 unspecified atom stereocenters. The third kappa shape index (κ3) is 2.52. The van der Waals surface area contributed by atoms with Gasteiger partial charge in [0.05, 0.1) is 0 Å². The van der Waals surface area contributed by atoms with Crippen molar-refractivity contribution in [2.45, 2.75) is 0 Å². The van der Waals surface area contributed by atoms with Crippen LogP contribution in [-0.2, 0) is 0 Å². The maximum atomic E-state index is 5.15. The topological polar surface area (TPSA) is 63.1 Å². The molecular formula is C9H10N4. The Morgan fingerprint density at radius 3 is 2.54 bits per heavy atom. The minimum absolute atomic E-state index is 0.389. The molecule has 66 valence electrons. The fourth-order valence-electron chi connectivity index (χ4n) is 0.841. The van der Waals surface area contributed by atoms with E-state index in [1.54, 1.807) is 0 Å². The van der Waals surface area contributed by atoms with E-state index in [4.69, 9.17) is 5.84 Å². The van der Waals surface area contributed by atoms with Crippen molar-refractivity contribution in [2.24, 2.45) is 21.2 Å². The molecule has 0 heterocycles. The van der Waals surface area contributed by atoms with Gasteiger partial charge >= 0.3 is 0 Å². The summed E-state index contributed by atoms with van der Waals surface area (Å²) in [4.78, 5) is 0. The molecular weight excluding hydrogens is 164 g/mol. The van der Waals surface area contributed by atoms with E-state index in [-0.39, 0.29) is 0 Å². The van der Waals surface area contributed by atoms with Crippen LogP contribution < -0.4 is 5.84 Å². The normalized spacial score (nSPS) is 11.8. The van der Waals surface area contributed by atoms with E-state index in [2.05, 4.69) is 21.9 Å². The van der Waals surface area contributed by atoms with Gasteiger partial charge in [0, 0.05) is 11.8 Å². The van der Waals surface area contributed by atoms with Gasteiger partial charge in [-0.1, -0.05) is 36.9 Å². The van der Waals surface area contributed by atoms with Crippen molar-refractivity contribution in [3.8, 4) is 0 Å². The van der Waals surface area contributed by atoms with Gasteiger partial charge in [0.25, 0.3) is 0 Å². The largest absolute Gasteiger partial charge is 0.321 e. The Labute approximate surface area is 76.5 Å². The molecule has 13 heavy (non-hydrogen) atoms. The molecule has 0 radical (unpaired) electrons. The lowest BCUT2D eigenvalue weighted by atomic mass is 10.2. The van der Waals surface area contributed by atoms with Gasteiger partial charge in [-0.15, -0.1) is 5.11 Å². The molecule has 1 aromatic rings. The van der Waals surface area contributed by atoms with Crippen LogP contribution in [0, 0.1) is 0 Å². The Balaban J connectivity index is 2.92. The summed E-state index contributed by atoms with van der Waals surface area (Å²) >= 11 is 0. The number of benzene rings is 1. The molecule has 0 bridgehead atoms. The van der Waals surface area contributed by atoms with E-state index in [0.29, 0.717) is 5.84 Å². The lowest BCUT2D eigenvalue weighted by molar-refractivity contribution is 1.18. The number of hydrogen-bond acceptors (Lipinski definition) is 3. The number of nitrogens with two attached hydrogens (primary N) is 1. The summed E-state index contributed by atoms with van der Waals surface area (Å²) in [7, 11) is 0. The molecule has 0 aliphatic heterocycles. The zero-order valence-electron chi connectivity index (χ0n) is 7.09. The Morgan fingerprint density at radius 1 is 1.31 bits per heavy atom. The molecule has 4 heteroatoms. The summed E-state index contributed by atoms with van der Waals surface area (Å²) in [5.74, 6) is 5.53. The third-order valence-corrected chi connectivity index (χ3v) is 1.39. The molecule has 0 fully saturated rings. The average molecular weight is 174 g/mol. The van der Waals surface area contributed by atoms with Crippen LogP contribution in [0.4, 0.5) is 0 Å². The second kappa shape index (κ2) is 4.82. The van der Waals surface area contributed by atoms with E-state index in [1.165, 1.54) is 6.20 Å². The molecule has 0 saturated carbocycles. The number of amidine groups is 1. The minimum atomic E-state index is 0.389. The van der Waals surface area contributed by atoms with Crippen molar-refractivity contribution in [3.63, 3.8) is 0 Å². The zero-order chi connectivity index (χ0) is 9.52. The summed E-state index contributed by atoms with van der Waals surface area (Å²) in [5.41, 5.74) is 0.829. The van der Waals surface area contributed by atoms with Gasteiger partial charge in [0.1, 0.15) is 0 Å². The van der Waals surface area contributed by atoms with E-state index in [1.807, 2.05) is 30.3 Å². The van der Waals surface area contributed by atoms with Gasteiger partial charge < -0.3 is 5.84 Å². The molecule has 0 aliphatic carbocycles. The summed E-state index contributed by atoms with van der Waals surface area (Å²) < 4.78 is 0. The predicted molar refractivity (Wildman–Crippen MR) is 52.2 cm³/mol. The Morgan fingerprint density at radius 2 is 2.00 bits per heavy atom. The van der Waals surface area contributed by atoms with Crippen LogP contribution in [-0.4, -0.2) is 5.84 Å². The highest BCUT2D eigenvalue weighted by molar-refractivity contribution is 5.98. The average Bonchev–Trinajstić information content (AvgIpc) is 2.21.